The molecule has 0 aliphatic heterocycles. The molecule has 3 aromatic rings. The van der Waals surface area contributed by atoms with E-state index in [0.29, 0.717) is 11.2 Å². The molecule has 0 radical (unpaired) electrons. The fraction of sp³-hybridized carbons (Fsp3) is 0.0667. The van der Waals surface area contributed by atoms with Crippen LogP contribution in [0.2, 0.25) is 0 Å². The normalized spacial score (nSPS) is 10.8. The molecule has 0 spiro atoms. The van der Waals surface area contributed by atoms with Crippen molar-refractivity contribution in [2.45, 2.75) is 0 Å². The van der Waals surface area contributed by atoms with Crippen molar-refractivity contribution in [3.8, 4) is 5.75 Å². The number of hydrogen-bond acceptors (Lipinski definition) is 5. The summed E-state index contributed by atoms with van der Waals surface area (Å²) >= 11 is 0. The third-order valence-electron chi connectivity index (χ3n) is 3.07. The van der Waals surface area contributed by atoms with Crippen LogP contribution >= 0.6 is 0 Å². The third kappa shape index (κ3) is 1.80. The molecule has 1 heterocycles. The molecule has 0 fully saturated rings. The van der Waals surface area contributed by atoms with Crippen LogP contribution in [0.25, 0.3) is 21.9 Å². The quantitative estimate of drug-likeness (QED) is 0.543. The second-order valence-corrected chi connectivity index (χ2v) is 4.31. The van der Waals surface area contributed by atoms with E-state index in [-0.39, 0.29) is 27.5 Å². The van der Waals surface area contributed by atoms with Gasteiger partial charge in [-0.25, -0.2) is 4.79 Å². The summed E-state index contributed by atoms with van der Waals surface area (Å²) in [5.41, 5.74) is 0.724. The Morgan fingerprint density at radius 3 is 2.45 bits per heavy atom. The van der Waals surface area contributed by atoms with Crippen LogP contribution in [-0.2, 0) is 4.74 Å². The molecular formula is C15H10O5. The summed E-state index contributed by atoms with van der Waals surface area (Å²) in [6, 6.07) is 8.82. The van der Waals surface area contributed by atoms with E-state index >= 15 is 0 Å². The fourth-order valence-corrected chi connectivity index (χ4v) is 2.09. The number of phenols is 1. The van der Waals surface area contributed by atoms with Gasteiger partial charge in [0.2, 0.25) is 5.43 Å². The van der Waals surface area contributed by atoms with Gasteiger partial charge in [-0.1, -0.05) is 0 Å². The topological polar surface area (TPSA) is 76.7 Å². The minimum atomic E-state index is -0.526. The minimum Gasteiger partial charge on any atom is -0.508 e. The summed E-state index contributed by atoms with van der Waals surface area (Å²) in [5, 5.41) is 9.99. The van der Waals surface area contributed by atoms with Gasteiger partial charge >= 0.3 is 5.97 Å². The van der Waals surface area contributed by atoms with Crippen molar-refractivity contribution in [3.05, 3.63) is 52.2 Å². The first-order valence-corrected chi connectivity index (χ1v) is 5.88. The molecule has 0 saturated heterocycles. The van der Waals surface area contributed by atoms with E-state index in [0.717, 1.165) is 0 Å². The van der Waals surface area contributed by atoms with E-state index in [4.69, 9.17) is 4.42 Å². The molecule has 2 aromatic carbocycles. The first-order valence-electron chi connectivity index (χ1n) is 5.88. The van der Waals surface area contributed by atoms with Crippen LogP contribution in [0.3, 0.4) is 0 Å². The van der Waals surface area contributed by atoms with Gasteiger partial charge in [-0.15, -0.1) is 0 Å². The maximum Gasteiger partial charge on any atom is 0.337 e. The summed E-state index contributed by atoms with van der Waals surface area (Å²) in [6.07, 6.45) is 0. The van der Waals surface area contributed by atoms with E-state index in [1.165, 1.54) is 37.4 Å². The lowest BCUT2D eigenvalue weighted by atomic mass is 10.1. The van der Waals surface area contributed by atoms with Crippen molar-refractivity contribution in [2.24, 2.45) is 0 Å². The molecule has 0 amide bonds. The van der Waals surface area contributed by atoms with Gasteiger partial charge in [0.15, 0.2) is 0 Å². The minimum absolute atomic E-state index is 0.0201. The zero-order valence-electron chi connectivity index (χ0n) is 10.5. The van der Waals surface area contributed by atoms with Gasteiger partial charge in [-0.2, -0.15) is 0 Å². The van der Waals surface area contributed by atoms with Crippen molar-refractivity contribution in [1.82, 2.24) is 0 Å². The number of carbonyl (C=O) groups is 1. The van der Waals surface area contributed by atoms with Gasteiger partial charge in [0.25, 0.3) is 0 Å². The number of hydrogen-bond donors (Lipinski definition) is 1. The smallest absolute Gasteiger partial charge is 0.337 e. The van der Waals surface area contributed by atoms with Crippen LogP contribution in [0.15, 0.2) is 45.6 Å². The Hall–Kier alpha value is -2.82. The zero-order valence-corrected chi connectivity index (χ0v) is 10.5. The summed E-state index contributed by atoms with van der Waals surface area (Å²) in [5.74, 6) is -0.546. The Morgan fingerprint density at radius 2 is 1.75 bits per heavy atom. The number of fused-ring (bicyclic) bond motifs is 2. The van der Waals surface area contributed by atoms with E-state index in [9.17, 15) is 14.7 Å². The predicted octanol–water partition coefficient (Wildman–Crippen LogP) is 2.44. The average Bonchev–Trinajstić information content (AvgIpc) is 2.47. The summed E-state index contributed by atoms with van der Waals surface area (Å²) in [4.78, 5) is 23.9. The predicted molar refractivity (Wildman–Crippen MR) is 73.0 cm³/mol. The SMILES string of the molecule is COC(=O)c1ccc2oc3ccc(O)cc3c(=O)c2c1. The molecule has 100 valence electrons. The standard InChI is InChI=1S/C15H10O5/c1-19-15(18)8-2-4-12-10(6-8)14(17)11-7-9(16)3-5-13(11)20-12/h2-7,16H,1H3. The molecule has 5 nitrogen and oxygen atoms in total. The monoisotopic (exact) mass is 270 g/mol. The fourth-order valence-electron chi connectivity index (χ4n) is 2.09. The molecule has 0 bridgehead atoms. The number of methoxy groups -OCH3 is 1. The van der Waals surface area contributed by atoms with Crippen LogP contribution in [0.4, 0.5) is 0 Å². The Kier molecular flexibility index (Phi) is 2.68. The van der Waals surface area contributed by atoms with Crippen LogP contribution in [0.1, 0.15) is 10.4 Å². The van der Waals surface area contributed by atoms with Crippen molar-refractivity contribution in [1.29, 1.82) is 0 Å². The molecule has 1 N–H and O–H groups in total. The number of carbonyl (C=O) groups excluding carboxylic acids is 1. The lowest BCUT2D eigenvalue weighted by molar-refractivity contribution is 0.0601. The lowest BCUT2D eigenvalue weighted by Crippen LogP contribution is -2.05. The highest BCUT2D eigenvalue weighted by Gasteiger charge is 2.12. The molecule has 1 aromatic heterocycles. The van der Waals surface area contributed by atoms with E-state index in [1.807, 2.05) is 0 Å². The second-order valence-electron chi connectivity index (χ2n) is 4.31. The number of benzene rings is 2. The zero-order chi connectivity index (χ0) is 14.3. The van der Waals surface area contributed by atoms with Gasteiger partial charge < -0.3 is 14.3 Å². The van der Waals surface area contributed by atoms with Crippen LogP contribution in [0.5, 0.6) is 5.75 Å². The number of ether oxygens (including phenoxy) is 1. The highest BCUT2D eigenvalue weighted by atomic mass is 16.5. The van der Waals surface area contributed by atoms with Gasteiger partial charge in [-0.05, 0) is 36.4 Å². The Labute approximate surface area is 113 Å². The highest BCUT2D eigenvalue weighted by Crippen LogP contribution is 2.22. The number of phenolic OH excluding ortho intramolecular Hbond substituents is 1. The second kappa shape index (κ2) is 4.38. The van der Waals surface area contributed by atoms with E-state index < -0.39 is 5.97 Å². The molecule has 0 unspecified atom stereocenters. The van der Waals surface area contributed by atoms with Gasteiger partial charge in [0.1, 0.15) is 16.9 Å². The largest absolute Gasteiger partial charge is 0.508 e. The lowest BCUT2D eigenvalue weighted by Gasteiger charge is -2.04. The molecule has 3 rings (SSSR count). The van der Waals surface area contributed by atoms with E-state index in [1.54, 1.807) is 6.07 Å². The van der Waals surface area contributed by atoms with Crippen LogP contribution in [-0.4, -0.2) is 18.2 Å². The average molecular weight is 270 g/mol. The maximum atomic E-state index is 12.4. The first kappa shape index (κ1) is 12.2. The molecular weight excluding hydrogens is 260 g/mol. The number of rotatable bonds is 1. The molecule has 0 aliphatic rings. The van der Waals surface area contributed by atoms with Gasteiger partial charge in [0, 0.05) is 0 Å². The first-order chi connectivity index (χ1) is 9.60. The van der Waals surface area contributed by atoms with Crippen molar-refractivity contribution < 1.29 is 19.1 Å². The van der Waals surface area contributed by atoms with Gasteiger partial charge in [0.05, 0.1) is 23.4 Å². The summed E-state index contributed by atoms with van der Waals surface area (Å²) in [6.45, 7) is 0. The van der Waals surface area contributed by atoms with Crippen molar-refractivity contribution in [3.63, 3.8) is 0 Å². The Bertz CT molecular complexity index is 892. The molecule has 20 heavy (non-hydrogen) atoms. The number of aromatic hydroxyl groups is 1. The Balaban J connectivity index is 2.40. The van der Waals surface area contributed by atoms with Crippen molar-refractivity contribution in [2.75, 3.05) is 7.11 Å². The summed E-state index contributed by atoms with van der Waals surface area (Å²) < 4.78 is 10.2. The van der Waals surface area contributed by atoms with Crippen LogP contribution in [0, 0.1) is 0 Å². The molecule has 0 aliphatic carbocycles. The summed E-state index contributed by atoms with van der Waals surface area (Å²) in [7, 11) is 1.27. The highest BCUT2D eigenvalue weighted by molar-refractivity contribution is 5.96. The van der Waals surface area contributed by atoms with E-state index in [2.05, 4.69) is 4.74 Å². The van der Waals surface area contributed by atoms with Crippen molar-refractivity contribution >= 4 is 27.9 Å². The molecule has 0 atom stereocenters. The van der Waals surface area contributed by atoms with Crippen LogP contribution < -0.4 is 5.43 Å². The molecule has 5 heteroatoms. The number of esters is 1. The molecule has 0 saturated carbocycles. The maximum absolute atomic E-state index is 12.4. The van der Waals surface area contributed by atoms with Gasteiger partial charge in [-0.3, -0.25) is 4.79 Å². The third-order valence-corrected chi connectivity index (χ3v) is 3.07. The Morgan fingerprint density at radius 1 is 1.10 bits per heavy atom.